The maximum absolute atomic E-state index is 4.85. The normalized spacial score (nSPS) is 15.7. The average molecular weight is 399 g/mol. The third kappa shape index (κ3) is 3.61. The fourth-order valence-corrected chi connectivity index (χ4v) is 4.27. The summed E-state index contributed by atoms with van der Waals surface area (Å²) >= 11 is 0. The molecule has 5 rings (SSSR count). The molecular weight excluding hydrogens is 372 g/mol. The van der Waals surface area contributed by atoms with Crippen LogP contribution in [-0.4, -0.2) is 33.8 Å². The highest BCUT2D eigenvalue weighted by molar-refractivity contribution is 5.81. The second kappa shape index (κ2) is 7.78. The molecule has 1 N–H and O–H groups in total. The number of hydrogen-bond donors (Lipinski definition) is 1. The van der Waals surface area contributed by atoms with Crippen molar-refractivity contribution in [3.05, 3.63) is 77.9 Å². The predicted octanol–water partition coefficient (Wildman–Crippen LogP) is 4.23. The van der Waals surface area contributed by atoms with Gasteiger partial charge in [0.25, 0.3) is 0 Å². The van der Waals surface area contributed by atoms with E-state index in [1.54, 1.807) is 0 Å². The maximum atomic E-state index is 4.85. The van der Waals surface area contributed by atoms with Crippen LogP contribution in [0, 0.1) is 0 Å². The summed E-state index contributed by atoms with van der Waals surface area (Å²) in [6, 6.07) is 19.4. The monoisotopic (exact) mass is 398 g/mol. The van der Waals surface area contributed by atoms with E-state index in [1.807, 2.05) is 26.5 Å². The van der Waals surface area contributed by atoms with Gasteiger partial charge in [0.1, 0.15) is 18.0 Å². The molecule has 0 saturated carbocycles. The highest BCUT2D eigenvalue weighted by Gasteiger charge is 2.20. The Bertz CT molecular complexity index is 1160. The molecule has 30 heavy (non-hydrogen) atoms. The molecule has 4 aromatic rings. The van der Waals surface area contributed by atoms with Gasteiger partial charge in [0, 0.05) is 56.2 Å². The zero-order valence-electron chi connectivity index (χ0n) is 17.4. The number of anilines is 2. The third-order valence-corrected chi connectivity index (χ3v) is 5.90. The highest BCUT2D eigenvalue weighted by atomic mass is 15.3. The molecule has 152 valence electrons. The molecule has 2 aromatic carbocycles. The Morgan fingerprint density at radius 2 is 1.93 bits per heavy atom. The van der Waals surface area contributed by atoms with E-state index >= 15 is 0 Å². The molecule has 0 spiro atoms. The predicted molar refractivity (Wildman–Crippen MR) is 121 cm³/mol. The lowest BCUT2D eigenvalue weighted by Gasteiger charge is -2.23. The van der Waals surface area contributed by atoms with E-state index in [1.165, 1.54) is 16.5 Å². The van der Waals surface area contributed by atoms with Gasteiger partial charge in [-0.3, -0.25) is 0 Å². The van der Waals surface area contributed by atoms with Gasteiger partial charge in [-0.05, 0) is 36.2 Å². The SMILES string of the molecule is CN(C)c1nc2ccccc2cc1CNc1ccc([C@@H]2CCc3nncn3C2)cc1. The largest absolute Gasteiger partial charge is 0.381 e. The van der Waals surface area contributed by atoms with Crippen LogP contribution in [0.2, 0.25) is 0 Å². The lowest BCUT2D eigenvalue weighted by Crippen LogP contribution is -2.18. The summed E-state index contributed by atoms with van der Waals surface area (Å²) in [6.07, 6.45) is 3.96. The zero-order valence-corrected chi connectivity index (χ0v) is 17.4. The number of fused-ring (bicyclic) bond motifs is 2. The van der Waals surface area contributed by atoms with Crippen LogP contribution in [0.5, 0.6) is 0 Å². The van der Waals surface area contributed by atoms with Crippen LogP contribution in [0.15, 0.2) is 60.9 Å². The summed E-state index contributed by atoms with van der Waals surface area (Å²) in [7, 11) is 4.08. The van der Waals surface area contributed by atoms with Crippen molar-refractivity contribution in [2.75, 3.05) is 24.3 Å². The first-order valence-corrected chi connectivity index (χ1v) is 10.4. The molecule has 1 aliphatic heterocycles. The molecule has 0 unspecified atom stereocenters. The van der Waals surface area contributed by atoms with E-state index in [9.17, 15) is 0 Å². The Morgan fingerprint density at radius 1 is 1.10 bits per heavy atom. The van der Waals surface area contributed by atoms with Crippen LogP contribution in [0.1, 0.15) is 29.3 Å². The summed E-state index contributed by atoms with van der Waals surface area (Å²) in [5.41, 5.74) is 4.71. The summed E-state index contributed by atoms with van der Waals surface area (Å²) < 4.78 is 2.18. The fourth-order valence-electron chi connectivity index (χ4n) is 4.27. The minimum absolute atomic E-state index is 0.521. The summed E-state index contributed by atoms with van der Waals surface area (Å²) in [6.45, 7) is 1.70. The molecule has 2 aromatic heterocycles. The van der Waals surface area contributed by atoms with E-state index in [0.29, 0.717) is 5.92 Å². The van der Waals surface area contributed by atoms with E-state index in [-0.39, 0.29) is 0 Å². The first-order valence-electron chi connectivity index (χ1n) is 10.4. The Morgan fingerprint density at radius 3 is 2.77 bits per heavy atom. The molecular formula is C24H26N6. The Balaban J connectivity index is 1.31. The van der Waals surface area contributed by atoms with Crippen molar-refractivity contribution in [3.8, 4) is 0 Å². The quantitative estimate of drug-likeness (QED) is 0.545. The highest BCUT2D eigenvalue weighted by Crippen LogP contribution is 2.29. The number of hydrogen-bond acceptors (Lipinski definition) is 5. The Labute approximate surface area is 176 Å². The first-order chi connectivity index (χ1) is 14.7. The van der Waals surface area contributed by atoms with Crippen molar-refractivity contribution >= 4 is 22.4 Å². The van der Waals surface area contributed by atoms with Gasteiger partial charge >= 0.3 is 0 Å². The second-order valence-electron chi connectivity index (χ2n) is 8.17. The van der Waals surface area contributed by atoms with Crippen molar-refractivity contribution in [2.24, 2.45) is 0 Å². The van der Waals surface area contributed by atoms with Crippen LogP contribution < -0.4 is 10.2 Å². The molecule has 0 bridgehead atoms. The lowest BCUT2D eigenvalue weighted by atomic mass is 9.91. The Hall–Kier alpha value is -3.41. The summed E-state index contributed by atoms with van der Waals surface area (Å²) in [5.74, 6) is 2.63. The van der Waals surface area contributed by atoms with Crippen molar-refractivity contribution in [2.45, 2.75) is 31.8 Å². The zero-order chi connectivity index (χ0) is 20.5. The van der Waals surface area contributed by atoms with Gasteiger partial charge in [0.15, 0.2) is 0 Å². The van der Waals surface area contributed by atoms with Crippen molar-refractivity contribution in [3.63, 3.8) is 0 Å². The van der Waals surface area contributed by atoms with Gasteiger partial charge in [-0.15, -0.1) is 10.2 Å². The van der Waals surface area contributed by atoms with Crippen molar-refractivity contribution < 1.29 is 0 Å². The smallest absolute Gasteiger partial charge is 0.133 e. The number of pyridine rings is 1. The average Bonchev–Trinajstić information content (AvgIpc) is 3.25. The molecule has 1 aliphatic rings. The maximum Gasteiger partial charge on any atom is 0.133 e. The first kappa shape index (κ1) is 18.6. The number of para-hydroxylation sites is 1. The van der Waals surface area contributed by atoms with Crippen LogP contribution in [-0.2, 0) is 19.5 Å². The molecule has 1 atom stereocenters. The fraction of sp³-hybridized carbons (Fsp3) is 0.292. The molecule has 6 nitrogen and oxygen atoms in total. The number of nitrogens with one attached hydrogen (secondary N) is 1. The standard InChI is InChI=1S/C24H26N6/c1-29(2)24-20(13-18-5-3-4-6-22(18)27-24)14-25-21-10-7-17(8-11-21)19-9-12-23-28-26-16-30(23)15-19/h3-8,10-11,13,16,19,25H,9,12,14-15H2,1-2H3/t19-/m1/s1. The molecule has 0 amide bonds. The van der Waals surface area contributed by atoms with E-state index in [0.717, 1.165) is 48.8 Å². The lowest BCUT2D eigenvalue weighted by molar-refractivity contribution is 0.456. The van der Waals surface area contributed by atoms with Gasteiger partial charge in [-0.25, -0.2) is 4.98 Å². The number of aryl methyl sites for hydroxylation is 1. The molecule has 0 fully saturated rings. The molecule has 6 heteroatoms. The Kier molecular flexibility index (Phi) is 4.83. The molecule has 0 radical (unpaired) electrons. The molecule has 0 aliphatic carbocycles. The number of benzene rings is 2. The van der Waals surface area contributed by atoms with Gasteiger partial charge in [-0.1, -0.05) is 30.3 Å². The number of aromatic nitrogens is 4. The summed E-state index contributed by atoms with van der Waals surface area (Å²) in [4.78, 5) is 6.93. The second-order valence-corrected chi connectivity index (χ2v) is 8.17. The minimum atomic E-state index is 0.521. The number of nitrogens with zero attached hydrogens (tertiary/aromatic N) is 5. The molecule has 3 heterocycles. The van der Waals surface area contributed by atoms with E-state index in [4.69, 9.17) is 4.98 Å². The minimum Gasteiger partial charge on any atom is -0.381 e. The number of rotatable bonds is 5. The summed E-state index contributed by atoms with van der Waals surface area (Å²) in [5, 5.41) is 13.0. The van der Waals surface area contributed by atoms with Crippen LogP contribution in [0.4, 0.5) is 11.5 Å². The van der Waals surface area contributed by atoms with Gasteiger partial charge < -0.3 is 14.8 Å². The van der Waals surface area contributed by atoms with Crippen LogP contribution >= 0.6 is 0 Å². The van der Waals surface area contributed by atoms with Crippen molar-refractivity contribution in [1.82, 2.24) is 19.7 Å². The van der Waals surface area contributed by atoms with E-state index in [2.05, 4.69) is 73.5 Å². The third-order valence-electron chi connectivity index (χ3n) is 5.90. The van der Waals surface area contributed by atoms with Crippen LogP contribution in [0.3, 0.4) is 0 Å². The van der Waals surface area contributed by atoms with Gasteiger partial charge in [-0.2, -0.15) is 0 Å². The topological polar surface area (TPSA) is 58.9 Å². The van der Waals surface area contributed by atoms with Crippen LogP contribution in [0.25, 0.3) is 10.9 Å². The van der Waals surface area contributed by atoms with Gasteiger partial charge in [0.2, 0.25) is 0 Å². The van der Waals surface area contributed by atoms with Crippen molar-refractivity contribution in [1.29, 1.82) is 0 Å². The van der Waals surface area contributed by atoms with Gasteiger partial charge in [0.05, 0.1) is 5.52 Å². The molecule has 0 saturated heterocycles. The van der Waals surface area contributed by atoms with E-state index < -0.39 is 0 Å².